The van der Waals surface area contributed by atoms with Gasteiger partial charge in [-0.25, -0.2) is 0 Å². The molecule has 0 heterocycles. The standard InChI is InChI=1S/C20H23NO/c1-15(12-13-16-8-4-2-5-9-16)21-20(22)19-14-18(19)17-10-6-3-7-11-17/h2-11,15,18-19H,12-14H2,1H3,(H,21,22)/t15-,18-,19-/m1/s1. The second-order valence-electron chi connectivity index (χ2n) is 6.29. The number of benzene rings is 2. The van der Waals surface area contributed by atoms with E-state index in [1.807, 2.05) is 24.3 Å². The molecule has 1 aliphatic carbocycles. The van der Waals surface area contributed by atoms with Crippen molar-refractivity contribution in [2.75, 3.05) is 0 Å². The Morgan fingerprint density at radius 3 is 2.41 bits per heavy atom. The van der Waals surface area contributed by atoms with Crippen molar-refractivity contribution in [3.8, 4) is 0 Å². The molecule has 1 N–H and O–H groups in total. The quantitative estimate of drug-likeness (QED) is 0.859. The molecule has 3 rings (SSSR count). The van der Waals surface area contributed by atoms with E-state index in [1.54, 1.807) is 0 Å². The first-order valence-corrected chi connectivity index (χ1v) is 8.13. The van der Waals surface area contributed by atoms with Gasteiger partial charge in [-0.05, 0) is 43.2 Å². The zero-order valence-electron chi connectivity index (χ0n) is 13.0. The number of carbonyl (C=O) groups excluding carboxylic acids is 1. The van der Waals surface area contributed by atoms with Gasteiger partial charge in [-0.3, -0.25) is 4.79 Å². The Kier molecular flexibility index (Phi) is 4.57. The summed E-state index contributed by atoms with van der Waals surface area (Å²) < 4.78 is 0. The van der Waals surface area contributed by atoms with Crippen molar-refractivity contribution >= 4 is 5.91 Å². The maximum Gasteiger partial charge on any atom is 0.223 e. The molecule has 1 saturated carbocycles. The van der Waals surface area contributed by atoms with Crippen LogP contribution in [0, 0.1) is 5.92 Å². The number of hydrogen-bond donors (Lipinski definition) is 1. The van der Waals surface area contributed by atoms with E-state index in [2.05, 4.69) is 48.6 Å². The van der Waals surface area contributed by atoms with Crippen LogP contribution in [0.5, 0.6) is 0 Å². The largest absolute Gasteiger partial charge is 0.353 e. The lowest BCUT2D eigenvalue weighted by Gasteiger charge is -2.14. The number of carbonyl (C=O) groups is 1. The highest BCUT2D eigenvalue weighted by atomic mass is 16.2. The fourth-order valence-corrected chi connectivity index (χ4v) is 3.00. The molecule has 0 saturated heterocycles. The van der Waals surface area contributed by atoms with Gasteiger partial charge in [0.25, 0.3) is 0 Å². The SMILES string of the molecule is C[C@H](CCc1ccccc1)NC(=O)[C@@H]1C[C@@H]1c1ccccc1. The summed E-state index contributed by atoms with van der Waals surface area (Å²) in [5.74, 6) is 0.804. The van der Waals surface area contributed by atoms with Crippen LogP contribution in [-0.4, -0.2) is 11.9 Å². The van der Waals surface area contributed by atoms with E-state index in [0.717, 1.165) is 19.3 Å². The minimum Gasteiger partial charge on any atom is -0.353 e. The summed E-state index contributed by atoms with van der Waals surface area (Å²) in [6.07, 6.45) is 2.98. The normalized spacial score (nSPS) is 21.1. The number of aryl methyl sites for hydroxylation is 1. The molecule has 2 aromatic rings. The highest BCUT2D eigenvalue weighted by Gasteiger charge is 2.43. The summed E-state index contributed by atoms with van der Waals surface area (Å²) in [6, 6.07) is 21.0. The fraction of sp³-hybridized carbons (Fsp3) is 0.350. The van der Waals surface area contributed by atoms with E-state index in [9.17, 15) is 4.79 Å². The lowest BCUT2D eigenvalue weighted by molar-refractivity contribution is -0.123. The molecular formula is C20H23NO. The highest BCUT2D eigenvalue weighted by molar-refractivity contribution is 5.83. The van der Waals surface area contributed by atoms with Crippen molar-refractivity contribution in [3.63, 3.8) is 0 Å². The molecule has 0 radical (unpaired) electrons. The molecule has 114 valence electrons. The van der Waals surface area contributed by atoms with Crippen LogP contribution in [0.25, 0.3) is 0 Å². The molecule has 2 nitrogen and oxygen atoms in total. The van der Waals surface area contributed by atoms with Gasteiger partial charge in [0, 0.05) is 12.0 Å². The number of rotatable bonds is 6. The van der Waals surface area contributed by atoms with Crippen molar-refractivity contribution in [2.45, 2.75) is 38.1 Å². The number of hydrogen-bond acceptors (Lipinski definition) is 1. The van der Waals surface area contributed by atoms with E-state index in [0.29, 0.717) is 5.92 Å². The van der Waals surface area contributed by atoms with E-state index >= 15 is 0 Å². The van der Waals surface area contributed by atoms with Gasteiger partial charge >= 0.3 is 0 Å². The Morgan fingerprint density at radius 1 is 1.09 bits per heavy atom. The summed E-state index contributed by atoms with van der Waals surface area (Å²) >= 11 is 0. The molecule has 0 unspecified atom stereocenters. The predicted molar refractivity (Wildman–Crippen MR) is 89.7 cm³/mol. The van der Waals surface area contributed by atoms with Crippen LogP contribution in [0.3, 0.4) is 0 Å². The zero-order chi connectivity index (χ0) is 15.4. The minimum absolute atomic E-state index is 0.168. The molecule has 2 aromatic carbocycles. The Labute approximate surface area is 132 Å². The zero-order valence-corrected chi connectivity index (χ0v) is 13.0. The summed E-state index contributed by atoms with van der Waals surface area (Å²) in [6.45, 7) is 2.10. The van der Waals surface area contributed by atoms with Gasteiger partial charge in [0.2, 0.25) is 5.91 Å². The van der Waals surface area contributed by atoms with Crippen LogP contribution >= 0.6 is 0 Å². The van der Waals surface area contributed by atoms with Crippen LogP contribution in [0.15, 0.2) is 60.7 Å². The Bertz CT molecular complexity index is 608. The first kappa shape index (κ1) is 14.8. The second kappa shape index (κ2) is 6.78. The third kappa shape index (κ3) is 3.76. The van der Waals surface area contributed by atoms with Crippen LogP contribution in [-0.2, 0) is 11.2 Å². The molecule has 2 heteroatoms. The van der Waals surface area contributed by atoms with Gasteiger partial charge in [-0.1, -0.05) is 60.7 Å². The van der Waals surface area contributed by atoms with Gasteiger partial charge in [0.05, 0.1) is 0 Å². The third-order valence-corrected chi connectivity index (χ3v) is 4.45. The predicted octanol–water partition coefficient (Wildman–Crippen LogP) is 3.93. The highest BCUT2D eigenvalue weighted by Crippen LogP contribution is 2.47. The summed E-state index contributed by atoms with van der Waals surface area (Å²) in [5, 5.41) is 3.17. The van der Waals surface area contributed by atoms with Crippen LogP contribution < -0.4 is 5.32 Å². The molecule has 0 aromatic heterocycles. The first-order valence-electron chi connectivity index (χ1n) is 8.13. The third-order valence-electron chi connectivity index (χ3n) is 4.45. The number of amides is 1. The first-order chi connectivity index (χ1) is 10.7. The van der Waals surface area contributed by atoms with Crippen molar-refractivity contribution in [1.82, 2.24) is 5.32 Å². The summed E-state index contributed by atoms with van der Waals surface area (Å²) in [5.41, 5.74) is 2.62. The lowest BCUT2D eigenvalue weighted by Crippen LogP contribution is -2.34. The fourth-order valence-electron chi connectivity index (χ4n) is 3.00. The van der Waals surface area contributed by atoms with Crippen LogP contribution in [0.2, 0.25) is 0 Å². The molecule has 3 atom stereocenters. The van der Waals surface area contributed by atoms with Crippen molar-refractivity contribution in [1.29, 1.82) is 0 Å². The number of nitrogens with one attached hydrogen (secondary N) is 1. The molecule has 1 fully saturated rings. The molecule has 0 aliphatic heterocycles. The average molecular weight is 293 g/mol. The molecule has 22 heavy (non-hydrogen) atoms. The van der Waals surface area contributed by atoms with E-state index in [-0.39, 0.29) is 17.9 Å². The van der Waals surface area contributed by atoms with Gasteiger partial charge in [0.1, 0.15) is 0 Å². The maximum atomic E-state index is 12.3. The molecule has 0 bridgehead atoms. The smallest absolute Gasteiger partial charge is 0.223 e. The maximum absolute atomic E-state index is 12.3. The van der Waals surface area contributed by atoms with Gasteiger partial charge in [0.15, 0.2) is 0 Å². The Hall–Kier alpha value is -2.09. The molecular weight excluding hydrogens is 270 g/mol. The van der Waals surface area contributed by atoms with Gasteiger partial charge < -0.3 is 5.32 Å². The Morgan fingerprint density at radius 2 is 1.73 bits per heavy atom. The summed E-state index contributed by atoms with van der Waals surface area (Å²) in [4.78, 5) is 12.3. The average Bonchev–Trinajstić information content (AvgIpc) is 3.35. The molecule has 1 amide bonds. The van der Waals surface area contributed by atoms with Crippen molar-refractivity contribution < 1.29 is 4.79 Å². The minimum atomic E-state index is 0.168. The van der Waals surface area contributed by atoms with Gasteiger partial charge in [-0.2, -0.15) is 0 Å². The second-order valence-corrected chi connectivity index (χ2v) is 6.29. The Balaban J connectivity index is 1.44. The van der Waals surface area contributed by atoms with E-state index in [1.165, 1.54) is 11.1 Å². The van der Waals surface area contributed by atoms with Crippen molar-refractivity contribution in [2.24, 2.45) is 5.92 Å². The monoisotopic (exact) mass is 293 g/mol. The van der Waals surface area contributed by atoms with Crippen molar-refractivity contribution in [3.05, 3.63) is 71.8 Å². The molecule has 1 aliphatic rings. The van der Waals surface area contributed by atoms with Crippen LogP contribution in [0.1, 0.15) is 36.8 Å². The van der Waals surface area contributed by atoms with E-state index in [4.69, 9.17) is 0 Å². The molecule has 0 spiro atoms. The topological polar surface area (TPSA) is 29.1 Å². The summed E-state index contributed by atoms with van der Waals surface area (Å²) in [7, 11) is 0. The lowest BCUT2D eigenvalue weighted by atomic mass is 10.1. The van der Waals surface area contributed by atoms with E-state index < -0.39 is 0 Å². The van der Waals surface area contributed by atoms with Gasteiger partial charge in [-0.15, -0.1) is 0 Å². The van der Waals surface area contributed by atoms with Crippen LogP contribution in [0.4, 0.5) is 0 Å².